The topological polar surface area (TPSA) is 52.0 Å². The molecule has 1 aromatic heterocycles. The number of hydrogen-bond acceptors (Lipinski definition) is 3. The maximum absolute atomic E-state index is 6.31. The molecular formula is C16H19ClN2O. The highest BCUT2D eigenvalue weighted by atomic mass is 35.5. The minimum absolute atomic E-state index is 0.411. The van der Waals surface area contributed by atoms with Crippen molar-refractivity contribution in [3.8, 4) is 11.1 Å². The maximum atomic E-state index is 6.31. The lowest BCUT2D eigenvalue weighted by molar-refractivity contribution is 0.350. The number of aromatic nitrogens is 1. The number of nitrogens with zero attached hydrogens (tertiary/aromatic N) is 1. The summed E-state index contributed by atoms with van der Waals surface area (Å²) in [6.07, 6.45) is 7.39. The number of anilines is 1. The van der Waals surface area contributed by atoms with Gasteiger partial charge in [-0.05, 0) is 18.9 Å². The van der Waals surface area contributed by atoms with E-state index < -0.39 is 0 Å². The van der Waals surface area contributed by atoms with Crippen molar-refractivity contribution in [2.24, 2.45) is 0 Å². The Bertz CT molecular complexity index is 586. The molecule has 4 heteroatoms. The molecule has 0 saturated heterocycles. The molecule has 0 spiro atoms. The van der Waals surface area contributed by atoms with E-state index in [2.05, 4.69) is 5.16 Å². The molecule has 1 aliphatic rings. The van der Waals surface area contributed by atoms with E-state index in [4.69, 9.17) is 21.9 Å². The van der Waals surface area contributed by atoms with Crippen LogP contribution in [0.5, 0.6) is 0 Å². The van der Waals surface area contributed by atoms with Crippen LogP contribution in [0.4, 0.5) is 5.82 Å². The van der Waals surface area contributed by atoms with E-state index in [1.54, 1.807) is 0 Å². The molecule has 20 heavy (non-hydrogen) atoms. The first-order chi connectivity index (χ1) is 9.77. The largest absolute Gasteiger partial charge is 0.380 e. The maximum Gasteiger partial charge on any atom is 0.175 e. The van der Waals surface area contributed by atoms with Gasteiger partial charge in [-0.25, -0.2) is 0 Å². The molecule has 3 rings (SSSR count). The number of hydrogen-bond donors (Lipinski definition) is 1. The second-order valence-electron chi connectivity index (χ2n) is 5.48. The highest BCUT2D eigenvalue weighted by Gasteiger charge is 2.25. The Morgan fingerprint density at radius 3 is 2.50 bits per heavy atom. The van der Waals surface area contributed by atoms with Crippen LogP contribution in [0.2, 0.25) is 5.02 Å². The van der Waals surface area contributed by atoms with Crippen molar-refractivity contribution in [3.05, 3.63) is 35.0 Å². The average molecular weight is 291 g/mol. The summed E-state index contributed by atoms with van der Waals surface area (Å²) in [6.45, 7) is 0. The van der Waals surface area contributed by atoms with Crippen LogP contribution in [0.15, 0.2) is 28.8 Å². The van der Waals surface area contributed by atoms with Crippen LogP contribution in [-0.4, -0.2) is 5.16 Å². The minimum atomic E-state index is 0.411. The number of nitrogen functional groups attached to an aromatic ring is 1. The summed E-state index contributed by atoms with van der Waals surface area (Å²) in [4.78, 5) is 0. The van der Waals surface area contributed by atoms with Crippen molar-refractivity contribution in [2.75, 3.05) is 5.73 Å². The van der Waals surface area contributed by atoms with Gasteiger partial charge >= 0.3 is 0 Å². The van der Waals surface area contributed by atoms with Gasteiger partial charge in [0.05, 0.1) is 5.56 Å². The molecule has 0 radical (unpaired) electrons. The first kappa shape index (κ1) is 13.5. The van der Waals surface area contributed by atoms with E-state index in [1.165, 1.54) is 25.7 Å². The first-order valence-electron chi connectivity index (χ1n) is 7.27. The Hall–Kier alpha value is -1.48. The van der Waals surface area contributed by atoms with Crippen molar-refractivity contribution < 1.29 is 4.52 Å². The van der Waals surface area contributed by atoms with Gasteiger partial charge in [0.15, 0.2) is 5.82 Å². The van der Waals surface area contributed by atoms with Gasteiger partial charge in [-0.1, -0.05) is 60.6 Å². The summed E-state index contributed by atoms with van der Waals surface area (Å²) < 4.78 is 5.57. The molecule has 0 aliphatic heterocycles. The molecular weight excluding hydrogens is 272 g/mol. The summed E-state index contributed by atoms with van der Waals surface area (Å²) in [5.74, 6) is 1.77. The van der Waals surface area contributed by atoms with Crippen molar-refractivity contribution in [3.63, 3.8) is 0 Å². The third kappa shape index (κ3) is 2.55. The van der Waals surface area contributed by atoms with Gasteiger partial charge < -0.3 is 10.3 Å². The SMILES string of the molecule is Nc1noc(C2CCCCCC2)c1-c1ccccc1Cl. The molecule has 106 valence electrons. The fraction of sp³-hybridized carbons (Fsp3) is 0.438. The molecule has 1 heterocycles. The Morgan fingerprint density at radius 1 is 1.10 bits per heavy atom. The second-order valence-corrected chi connectivity index (χ2v) is 5.88. The highest BCUT2D eigenvalue weighted by molar-refractivity contribution is 6.33. The fourth-order valence-electron chi connectivity index (χ4n) is 3.07. The van der Waals surface area contributed by atoms with Gasteiger partial charge in [0.2, 0.25) is 0 Å². The lowest BCUT2D eigenvalue weighted by atomic mass is 9.92. The molecule has 0 atom stereocenters. The zero-order valence-corrected chi connectivity index (χ0v) is 12.2. The quantitative estimate of drug-likeness (QED) is 0.791. The summed E-state index contributed by atoms with van der Waals surface area (Å²) in [5.41, 5.74) is 7.84. The normalized spacial score (nSPS) is 17.1. The molecule has 1 fully saturated rings. The van der Waals surface area contributed by atoms with Crippen LogP contribution in [0.3, 0.4) is 0 Å². The predicted molar refractivity (Wildman–Crippen MR) is 81.8 cm³/mol. The van der Waals surface area contributed by atoms with Gasteiger partial charge in [-0.15, -0.1) is 0 Å². The van der Waals surface area contributed by atoms with Crippen LogP contribution in [0.25, 0.3) is 11.1 Å². The third-order valence-corrected chi connectivity index (χ3v) is 4.44. The van der Waals surface area contributed by atoms with Crippen LogP contribution < -0.4 is 5.73 Å². The molecule has 2 N–H and O–H groups in total. The Kier molecular flexibility index (Phi) is 3.97. The van der Waals surface area contributed by atoms with Gasteiger partial charge in [0.1, 0.15) is 5.76 Å². The molecule has 2 aromatic rings. The number of halogens is 1. The van der Waals surface area contributed by atoms with E-state index in [9.17, 15) is 0 Å². The molecule has 0 unspecified atom stereocenters. The highest BCUT2D eigenvalue weighted by Crippen LogP contribution is 2.42. The lowest BCUT2D eigenvalue weighted by Gasteiger charge is -2.13. The number of nitrogens with two attached hydrogens (primary N) is 1. The van der Waals surface area contributed by atoms with Crippen molar-refractivity contribution in [1.82, 2.24) is 5.16 Å². The van der Waals surface area contributed by atoms with Crippen LogP contribution in [-0.2, 0) is 0 Å². The first-order valence-corrected chi connectivity index (χ1v) is 7.65. The van der Waals surface area contributed by atoms with Crippen molar-refractivity contribution >= 4 is 17.4 Å². The predicted octanol–water partition coefficient (Wildman–Crippen LogP) is 5.02. The summed E-state index contributed by atoms with van der Waals surface area (Å²) in [6, 6.07) is 7.73. The molecule has 1 saturated carbocycles. The van der Waals surface area contributed by atoms with Gasteiger partial charge in [0.25, 0.3) is 0 Å². The molecule has 0 amide bonds. The van der Waals surface area contributed by atoms with E-state index in [1.807, 2.05) is 24.3 Å². The van der Waals surface area contributed by atoms with Gasteiger partial charge in [-0.3, -0.25) is 0 Å². The Morgan fingerprint density at radius 2 is 1.80 bits per heavy atom. The number of benzene rings is 1. The molecule has 1 aromatic carbocycles. The molecule has 0 bridgehead atoms. The lowest BCUT2D eigenvalue weighted by Crippen LogP contribution is -1.99. The smallest absolute Gasteiger partial charge is 0.175 e. The second kappa shape index (κ2) is 5.88. The average Bonchev–Trinajstić information content (AvgIpc) is 2.67. The number of rotatable bonds is 2. The fourth-order valence-corrected chi connectivity index (χ4v) is 3.30. The zero-order valence-electron chi connectivity index (χ0n) is 11.4. The van der Waals surface area contributed by atoms with Gasteiger partial charge in [-0.2, -0.15) is 0 Å². The standard InChI is InChI=1S/C16H19ClN2O/c17-13-10-6-5-9-12(13)14-15(20-19-16(14)18)11-7-3-1-2-4-8-11/h5-6,9-11H,1-4,7-8H2,(H2,18,19). The summed E-state index contributed by atoms with van der Waals surface area (Å²) in [7, 11) is 0. The Labute approximate surface area is 124 Å². The zero-order chi connectivity index (χ0) is 13.9. The van der Waals surface area contributed by atoms with E-state index >= 15 is 0 Å². The van der Waals surface area contributed by atoms with Crippen molar-refractivity contribution in [1.29, 1.82) is 0 Å². The summed E-state index contributed by atoms with van der Waals surface area (Å²) >= 11 is 6.31. The van der Waals surface area contributed by atoms with E-state index in [0.717, 1.165) is 29.7 Å². The van der Waals surface area contributed by atoms with Crippen LogP contribution in [0.1, 0.15) is 50.2 Å². The van der Waals surface area contributed by atoms with Crippen LogP contribution >= 0.6 is 11.6 Å². The molecule has 1 aliphatic carbocycles. The van der Waals surface area contributed by atoms with Gasteiger partial charge in [0, 0.05) is 16.5 Å². The summed E-state index contributed by atoms with van der Waals surface area (Å²) in [5, 5.41) is 4.68. The third-order valence-electron chi connectivity index (χ3n) is 4.11. The monoisotopic (exact) mass is 290 g/mol. The van der Waals surface area contributed by atoms with Crippen molar-refractivity contribution in [2.45, 2.75) is 44.4 Å². The molecule has 3 nitrogen and oxygen atoms in total. The van der Waals surface area contributed by atoms with E-state index in [-0.39, 0.29) is 0 Å². The Balaban J connectivity index is 2.03. The van der Waals surface area contributed by atoms with E-state index in [0.29, 0.717) is 16.8 Å². The minimum Gasteiger partial charge on any atom is -0.380 e. The van der Waals surface area contributed by atoms with Crippen LogP contribution in [0, 0.1) is 0 Å².